The Labute approximate surface area is 306 Å². The number of aromatic nitrogens is 1. The van der Waals surface area contributed by atoms with Gasteiger partial charge < -0.3 is 14.3 Å². The van der Waals surface area contributed by atoms with Crippen molar-refractivity contribution in [2.45, 2.75) is 0 Å². The summed E-state index contributed by atoms with van der Waals surface area (Å²) in [5, 5.41) is 13.2. The second-order valence-electron chi connectivity index (χ2n) is 13.8. The molecule has 53 heavy (non-hydrogen) atoms. The lowest BCUT2D eigenvalue weighted by Gasteiger charge is -2.15. The van der Waals surface area contributed by atoms with Crippen molar-refractivity contribution in [3.8, 4) is 27.9 Å². The maximum Gasteiger partial charge on any atom is 0.160 e. The number of nitrogens with zero attached hydrogens (tertiary/aromatic N) is 1. The first-order valence-electron chi connectivity index (χ1n) is 18.1. The van der Waals surface area contributed by atoms with E-state index in [0.717, 1.165) is 66.7 Å². The summed E-state index contributed by atoms with van der Waals surface area (Å²) in [4.78, 5) is 0. The third-order valence-electron chi connectivity index (χ3n) is 10.7. The number of furan rings is 1. The van der Waals surface area contributed by atoms with Crippen molar-refractivity contribution in [3.63, 3.8) is 0 Å². The molecule has 2 heterocycles. The lowest BCUT2D eigenvalue weighted by atomic mass is 9.96. The van der Waals surface area contributed by atoms with Crippen LogP contribution in [0, 0.1) is 0 Å². The van der Waals surface area contributed by atoms with Crippen molar-refractivity contribution in [1.29, 1.82) is 0 Å². The minimum absolute atomic E-state index is 0.899. The number of nitrogens with one attached hydrogen (secondary N) is 1. The first-order chi connectivity index (χ1) is 26.3. The molecule has 0 bridgehead atoms. The summed E-state index contributed by atoms with van der Waals surface area (Å²) in [6.07, 6.45) is 0. The molecule has 0 aliphatic carbocycles. The van der Waals surface area contributed by atoms with E-state index in [-0.39, 0.29) is 0 Å². The van der Waals surface area contributed by atoms with E-state index in [1.165, 1.54) is 37.9 Å². The van der Waals surface area contributed by atoms with Crippen molar-refractivity contribution in [2.75, 3.05) is 5.32 Å². The molecule has 0 aliphatic rings. The smallest absolute Gasteiger partial charge is 0.160 e. The van der Waals surface area contributed by atoms with Crippen LogP contribution in [0.5, 0.6) is 0 Å². The van der Waals surface area contributed by atoms with Gasteiger partial charge in [0.25, 0.3) is 0 Å². The van der Waals surface area contributed by atoms with E-state index in [9.17, 15) is 0 Å². The Hall–Kier alpha value is -7.10. The fourth-order valence-electron chi connectivity index (χ4n) is 8.23. The van der Waals surface area contributed by atoms with E-state index in [0.29, 0.717) is 0 Å². The summed E-state index contributed by atoms with van der Waals surface area (Å²) in [7, 11) is 0. The van der Waals surface area contributed by atoms with E-state index >= 15 is 0 Å². The number of hydrogen-bond donors (Lipinski definition) is 1. The van der Waals surface area contributed by atoms with Gasteiger partial charge in [-0.2, -0.15) is 0 Å². The van der Waals surface area contributed by atoms with E-state index in [1.54, 1.807) is 0 Å². The van der Waals surface area contributed by atoms with Gasteiger partial charge in [0.2, 0.25) is 0 Å². The van der Waals surface area contributed by atoms with Crippen molar-refractivity contribution in [2.24, 2.45) is 0 Å². The molecular formula is C50H32N2O. The highest BCUT2D eigenvalue weighted by atomic mass is 16.3. The molecule has 0 amide bonds. The van der Waals surface area contributed by atoms with E-state index in [2.05, 4.69) is 192 Å². The summed E-state index contributed by atoms with van der Waals surface area (Å²) in [5.41, 5.74) is 11.9. The first kappa shape index (κ1) is 29.6. The van der Waals surface area contributed by atoms with Crippen LogP contribution in [0.4, 0.5) is 11.4 Å². The number of anilines is 2. The highest BCUT2D eigenvalue weighted by Gasteiger charge is 2.21. The average molecular weight is 677 g/mol. The molecule has 2 aromatic heterocycles. The normalized spacial score (nSPS) is 11.8. The van der Waals surface area contributed by atoms with Crippen LogP contribution in [-0.4, -0.2) is 4.57 Å². The topological polar surface area (TPSA) is 30.1 Å². The quantitative estimate of drug-likeness (QED) is 0.197. The number of para-hydroxylation sites is 1. The van der Waals surface area contributed by atoms with Gasteiger partial charge >= 0.3 is 0 Å². The van der Waals surface area contributed by atoms with Gasteiger partial charge in [-0.25, -0.2) is 0 Å². The molecule has 0 unspecified atom stereocenters. The fraction of sp³-hybridized carbons (Fsp3) is 0. The molecule has 0 radical (unpaired) electrons. The lowest BCUT2D eigenvalue weighted by molar-refractivity contribution is 0.671. The predicted octanol–water partition coefficient (Wildman–Crippen LogP) is 14.1. The first-order valence-corrected chi connectivity index (χ1v) is 18.1. The van der Waals surface area contributed by atoms with E-state index < -0.39 is 0 Å². The maximum atomic E-state index is 6.71. The molecular weight excluding hydrogens is 645 g/mol. The number of fused-ring (bicyclic) bond motifs is 9. The monoisotopic (exact) mass is 676 g/mol. The van der Waals surface area contributed by atoms with Gasteiger partial charge in [0.05, 0.1) is 16.7 Å². The number of rotatable bonds is 5. The molecule has 11 rings (SSSR count). The number of hydrogen-bond acceptors (Lipinski definition) is 2. The average Bonchev–Trinajstić information content (AvgIpc) is 3.77. The maximum absolute atomic E-state index is 6.71. The Morgan fingerprint density at radius 2 is 1.13 bits per heavy atom. The summed E-state index contributed by atoms with van der Waals surface area (Å²) < 4.78 is 9.12. The summed E-state index contributed by atoms with van der Waals surface area (Å²) in [6, 6.07) is 67.4. The molecule has 3 heteroatoms. The molecule has 1 N–H and O–H groups in total. The summed E-state index contributed by atoms with van der Waals surface area (Å²) in [6.45, 7) is 0. The molecule has 0 saturated carbocycles. The van der Waals surface area contributed by atoms with Crippen LogP contribution in [-0.2, 0) is 0 Å². The van der Waals surface area contributed by atoms with Crippen LogP contribution in [0.25, 0.3) is 93.2 Å². The summed E-state index contributed by atoms with van der Waals surface area (Å²) in [5.74, 6) is 0. The van der Waals surface area contributed by atoms with E-state index in [1.807, 2.05) is 6.07 Å². The molecule has 9 aromatic carbocycles. The van der Waals surface area contributed by atoms with Crippen molar-refractivity contribution < 1.29 is 4.42 Å². The van der Waals surface area contributed by atoms with E-state index in [4.69, 9.17) is 4.42 Å². The van der Waals surface area contributed by atoms with Gasteiger partial charge in [0.1, 0.15) is 5.58 Å². The fourth-order valence-corrected chi connectivity index (χ4v) is 8.23. The molecule has 0 spiro atoms. The highest BCUT2D eigenvalue weighted by Crippen LogP contribution is 2.43. The molecule has 3 nitrogen and oxygen atoms in total. The van der Waals surface area contributed by atoms with Crippen molar-refractivity contribution in [3.05, 3.63) is 188 Å². The second-order valence-corrected chi connectivity index (χ2v) is 13.8. The highest BCUT2D eigenvalue weighted by molar-refractivity contribution is 6.22. The third kappa shape index (κ3) is 4.75. The third-order valence-corrected chi connectivity index (χ3v) is 10.7. The Morgan fingerprint density at radius 3 is 2.04 bits per heavy atom. The van der Waals surface area contributed by atoms with Gasteiger partial charge in [-0.3, -0.25) is 0 Å². The largest absolute Gasteiger partial charge is 0.454 e. The standard InChI is InChI=1S/C50H32N2O/c1-2-12-34(13-3-1)43-30-36(22-27-45(43)51-38-24-21-32-11-4-5-15-35(32)29-38)37-23-28-47-44(31-37)41-25-26-42-40-18-8-9-20-48(40)53-50(42)49(41)52(47)46-19-10-16-33-14-6-7-17-39(33)46/h1-31,51H. The van der Waals surface area contributed by atoms with Crippen LogP contribution < -0.4 is 5.32 Å². The van der Waals surface area contributed by atoms with Crippen LogP contribution in [0.3, 0.4) is 0 Å². The molecule has 0 saturated heterocycles. The van der Waals surface area contributed by atoms with Crippen molar-refractivity contribution >= 4 is 76.7 Å². The molecule has 11 aromatic rings. The van der Waals surface area contributed by atoms with Crippen molar-refractivity contribution in [1.82, 2.24) is 4.57 Å². The van der Waals surface area contributed by atoms with Gasteiger partial charge in [0, 0.05) is 43.9 Å². The molecule has 0 fully saturated rings. The zero-order valence-electron chi connectivity index (χ0n) is 28.8. The van der Waals surface area contributed by atoms with Gasteiger partial charge in [-0.1, -0.05) is 133 Å². The second kappa shape index (κ2) is 11.7. The Bertz CT molecular complexity index is 3200. The molecule has 248 valence electrons. The van der Waals surface area contributed by atoms with Gasteiger partial charge in [-0.15, -0.1) is 0 Å². The van der Waals surface area contributed by atoms with Gasteiger partial charge in [0.15, 0.2) is 5.58 Å². The molecule has 0 aliphatic heterocycles. The number of benzene rings is 9. The molecule has 0 atom stereocenters. The summed E-state index contributed by atoms with van der Waals surface area (Å²) >= 11 is 0. The van der Waals surface area contributed by atoms with Crippen LogP contribution in [0.1, 0.15) is 0 Å². The lowest BCUT2D eigenvalue weighted by Crippen LogP contribution is -1.96. The minimum Gasteiger partial charge on any atom is -0.454 e. The van der Waals surface area contributed by atoms with Crippen LogP contribution in [0.2, 0.25) is 0 Å². The van der Waals surface area contributed by atoms with Crippen LogP contribution >= 0.6 is 0 Å². The minimum atomic E-state index is 0.899. The zero-order valence-corrected chi connectivity index (χ0v) is 28.8. The predicted molar refractivity (Wildman–Crippen MR) is 224 cm³/mol. The van der Waals surface area contributed by atoms with Crippen LogP contribution in [0.15, 0.2) is 192 Å². The SMILES string of the molecule is c1ccc(-c2cc(-c3ccc4c(c3)c3ccc5c6ccccc6oc5c3n4-c3cccc4ccccc34)ccc2Nc2ccc3ccccc3c2)cc1. The Balaban J connectivity index is 1.12. The zero-order chi connectivity index (χ0) is 34.9. The Morgan fingerprint density at radius 1 is 0.415 bits per heavy atom. The Kier molecular flexibility index (Phi) is 6.55. The van der Waals surface area contributed by atoms with Gasteiger partial charge in [-0.05, 0) is 87.4 Å².